The van der Waals surface area contributed by atoms with Crippen molar-refractivity contribution in [3.05, 3.63) is 29.8 Å². The fourth-order valence-electron chi connectivity index (χ4n) is 2.85. The number of methoxy groups -OCH3 is 1. The lowest BCUT2D eigenvalue weighted by atomic mass is 10.0. The molecule has 5 nitrogen and oxygen atoms in total. The largest absolute Gasteiger partial charge is 0.496 e. The number of nitrogens with zero attached hydrogens (tertiary/aromatic N) is 1. The van der Waals surface area contributed by atoms with Gasteiger partial charge in [-0.15, -0.1) is 0 Å². The molecule has 0 atom stereocenters. The van der Waals surface area contributed by atoms with E-state index < -0.39 is 0 Å². The number of amides is 2. The third-order valence-corrected chi connectivity index (χ3v) is 4.28. The van der Waals surface area contributed by atoms with Crippen molar-refractivity contribution in [1.82, 2.24) is 10.2 Å². The molecule has 0 radical (unpaired) electrons. The maximum absolute atomic E-state index is 12.4. The van der Waals surface area contributed by atoms with Crippen LogP contribution in [0.2, 0.25) is 0 Å². The molecule has 5 heteroatoms. The zero-order valence-electron chi connectivity index (χ0n) is 14.0. The van der Waals surface area contributed by atoms with Gasteiger partial charge in [-0.05, 0) is 31.4 Å². The van der Waals surface area contributed by atoms with E-state index in [4.69, 9.17) is 4.74 Å². The molecule has 0 aliphatic carbocycles. The molecule has 1 fully saturated rings. The molecule has 0 saturated carbocycles. The standard InChI is InChI=1S/C18H26N2O3/c1-3-4-9-17(21)20-12-10-14(11-13-20)19-18(22)15-7-5-6-8-16(15)23-2/h5-8,14H,3-4,9-13H2,1-2H3,(H,19,22). The van der Waals surface area contributed by atoms with Gasteiger partial charge in [-0.25, -0.2) is 0 Å². The van der Waals surface area contributed by atoms with Crippen molar-refractivity contribution in [2.45, 2.75) is 45.1 Å². The van der Waals surface area contributed by atoms with Gasteiger partial charge in [0.1, 0.15) is 5.75 Å². The third-order valence-electron chi connectivity index (χ3n) is 4.28. The van der Waals surface area contributed by atoms with Crippen LogP contribution in [-0.2, 0) is 4.79 Å². The summed E-state index contributed by atoms with van der Waals surface area (Å²) in [6.45, 7) is 3.53. The summed E-state index contributed by atoms with van der Waals surface area (Å²) in [5.74, 6) is 0.705. The number of ether oxygens (including phenoxy) is 1. The van der Waals surface area contributed by atoms with Gasteiger partial charge in [-0.1, -0.05) is 25.5 Å². The van der Waals surface area contributed by atoms with E-state index in [1.165, 1.54) is 0 Å². The van der Waals surface area contributed by atoms with Crippen molar-refractivity contribution in [3.63, 3.8) is 0 Å². The van der Waals surface area contributed by atoms with Gasteiger partial charge in [-0.3, -0.25) is 9.59 Å². The highest BCUT2D eigenvalue weighted by Gasteiger charge is 2.24. The van der Waals surface area contributed by atoms with Gasteiger partial charge in [0.05, 0.1) is 12.7 Å². The Balaban J connectivity index is 1.84. The summed E-state index contributed by atoms with van der Waals surface area (Å²) in [6.07, 6.45) is 4.23. The van der Waals surface area contributed by atoms with Crippen molar-refractivity contribution < 1.29 is 14.3 Å². The van der Waals surface area contributed by atoms with Crippen LogP contribution in [0.25, 0.3) is 0 Å². The predicted molar refractivity (Wildman–Crippen MR) is 89.6 cm³/mol. The predicted octanol–water partition coefficient (Wildman–Crippen LogP) is 2.61. The zero-order chi connectivity index (χ0) is 16.7. The summed E-state index contributed by atoms with van der Waals surface area (Å²) in [6, 6.07) is 7.33. The molecule has 0 bridgehead atoms. The first-order valence-electron chi connectivity index (χ1n) is 8.37. The minimum Gasteiger partial charge on any atom is -0.496 e. The first kappa shape index (κ1) is 17.3. The summed E-state index contributed by atoms with van der Waals surface area (Å²) in [5.41, 5.74) is 0.552. The highest BCUT2D eigenvalue weighted by atomic mass is 16.5. The van der Waals surface area contributed by atoms with Crippen LogP contribution in [0.1, 0.15) is 49.4 Å². The fraction of sp³-hybridized carbons (Fsp3) is 0.556. The highest BCUT2D eigenvalue weighted by Crippen LogP contribution is 2.18. The Morgan fingerprint density at radius 3 is 2.61 bits per heavy atom. The highest BCUT2D eigenvalue weighted by molar-refractivity contribution is 5.97. The molecule has 2 amide bonds. The lowest BCUT2D eigenvalue weighted by molar-refractivity contribution is -0.132. The number of benzene rings is 1. The van der Waals surface area contributed by atoms with Gasteiger partial charge in [-0.2, -0.15) is 0 Å². The van der Waals surface area contributed by atoms with Gasteiger partial charge in [0.15, 0.2) is 0 Å². The molecule has 0 spiro atoms. The number of rotatable bonds is 6. The lowest BCUT2D eigenvalue weighted by Gasteiger charge is -2.32. The monoisotopic (exact) mass is 318 g/mol. The molecule has 1 saturated heterocycles. The number of carbonyl (C=O) groups is 2. The molecule has 1 aliphatic rings. The van der Waals surface area contributed by atoms with Crippen LogP contribution in [-0.4, -0.2) is 43.0 Å². The number of para-hydroxylation sites is 1. The molecular weight excluding hydrogens is 292 g/mol. The van der Waals surface area contributed by atoms with Gasteiger partial charge >= 0.3 is 0 Å². The summed E-state index contributed by atoms with van der Waals surface area (Å²) >= 11 is 0. The van der Waals surface area contributed by atoms with E-state index in [0.717, 1.165) is 38.8 Å². The Morgan fingerprint density at radius 2 is 1.96 bits per heavy atom. The molecule has 0 unspecified atom stereocenters. The molecule has 1 aromatic rings. The van der Waals surface area contributed by atoms with E-state index in [1.807, 2.05) is 17.0 Å². The first-order chi connectivity index (χ1) is 11.2. The Labute approximate surface area is 138 Å². The second-order valence-corrected chi connectivity index (χ2v) is 5.93. The molecular formula is C18H26N2O3. The van der Waals surface area contributed by atoms with Crippen LogP contribution in [0, 0.1) is 0 Å². The minimum absolute atomic E-state index is 0.113. The smallest absolute Gasteiger partial charge is 0.255 e. The van der Waals surface area contributed by atoms with E-state index in [2.05, 4.69) is 12.2 Å². The van der Waals surface area contributed by atoms with Crippen molar-refractivity contribution in [3.8, 4) is 5.75 Å². The quantitative estimate of drug-likeness (QED) is 0.877. The van der Waals surface area contributed by atoms with Gasteiger partial charge in [0.2, 0.25) is 5.91 Å². The fourth-order valence-corrected chi connectivity index (χ4v) is 2.85. The normalized spacial score (nSPS) is 15.3. The van der Waals surface area contributed by atoms with Crippen LogP contribution in [0.15, 0.2) is 24.3 Å². The van der Waals surface area contributed by atoms with Crippen LogP contribution in [0.4, 0.5) is 0 Å². The van der Waals surface area contributed by atoms with E-state index in [9.17, 15) is 9.59 Å². The Bertz CT molecular complexity index is 537. The average Bonchev–Trinajstić information content (AvgIpc) is 2.60. The minimum atomic E-state index is -0.113. The number of hydrogen-bond acceptors (Lipinski definition) is 3. The Morgan fingerprint density at radius 1 is 1.26 bits per heavy atom. The maximum atomic E-state index is 12.4. The van der Waals surface area contributed by atoms with E-state index in [-0.39, 0.29) is 17.9 Å². The SMILES string of the molecule is CCCCC(=O)N1CCC(NC(=O)c2ccccc2OC)CC1. The molecule has 1 N–H and O–H groups in total. The second kappa shape index (κ2) is 8.56. The van der Waals surface area contributed by atoms with Gasteiger partial charge in [0, 0.05) is 25.6 Å². The molecule has 0 aromatic heterocycles. The van der Waals surface area contributed by atoms with E-state index in [1.54, 1.807) is 19.2 Å². The van der Waals surface area contributed by atoms with Crippen LogP contribution in [0.3, 0.4) is 0 Å². The van der Waals surface area contributed by atoms with Crippen LogP contribution in [0.5, 0.6) is 5.75 Å². The summed E-state index contributed by atoms with van der Waals surface area (Å²) in [4.78, 5) is 26.3. The number of hydrogen-bond donors (Lipinski definition) is 1. The molecule has 1 aromatic carbocycles. The van der Waals surface area contributed by atoms with E-state index >= 15 is 0 Å². The van der Waals surface area contributed by atoms with Gasteiger partial charge < -0.3 is 15.0 Å². The average molecular weight is 318 g/mol. The number of likely N-dealkylation sites (tertiary alicyclic amines) is 1. The topological polar surface area (TPSA) is 58.6 Å². The summed E-state index contributed by atoms with van der Waals surface area (Å²) < 4.78 is 5.23. The summed E-state index contributed by atoms with van der Waals surface area (Å²) in [7, 11) is 1.56. The molecule has 126 valence electrons. The lowest BCUT2D eigenvalue weighted by Crippen LogP contribution is -2.46. The first-order valence-corrected chi connectivity index (χ1v) is 8.37. The van der Waals surface area contributed by atoms with E-state index in [0.29, 0.717) is 17.7 Å². The number of unbranched alkanes of at least 4 members (excludes halogenated alkanes) is 1. The molecule has 1 aliphatic heterocycles. The third kappa shape index (κ3) is 4.71. The molecule has 2 rings (SSSR count). The van der Waals surface area contributed by atoms with Crippen molar-refractivity contribution >= 4 is 11.8 Å². The van der Waals surface area contributed by atoms with Crippen LogP contribution < -0.4 is 10.1 Å². The van der Waals surface area contributed by atoms with Crippen molar-refractivity contribution in [2.24, 2.45) is 0 Å². The van der Waals surface area contributed by atoms with Crippen LogP contribution >= 0.6 is 0 Å². The molecule has 23 heavy (non-hydrogen) atoms. The zero-order valence-corrected chi connectivity index (χ0v) is 14.0. The van der Waals surface area contributed by atoms with Gasteiger partial charge in [0.25, 0.3) is 5.91 Å². The second-order valence-electron chi connectivity index (χ2n) is 5.93. The number of nitrogens with one attached hydrogen (secondary N) is 1. The van der Waals surface area contributed by atoms with Crippen molar-refractivity contribution in [1.29, 1.82) is 0 Å². The maximum Gasteiger partial charge on any atom is 0.255 e. The Kier molecular flexibility index (Phi) is 6.44. The Hall–Kier alpha value is -2.04. The molecule has 1 heterocycles. The number of piperidine rings is 1. The van der Waals surface area contributed by atoms with Crippen molar-refractivity contribution in [2.75, 3.05) is 20.2 Å². The summed E-state index contributed by atoms with van der Waals surface area (Å²) in [5, 5.41) is 3.06. The number of carbonyl (C=O) groups excluding carboxylic acids is 2.